The molecule has 3 nitrogen and oxygen atoms in total. The third-order valence-corrected chi connectivity index (χ3v) is 8.92. The van der Waals surface area contributed by atoms with Crippen LogP contribution in [-0.2, 0) is 0 Å². The van der Waals surface area contributed by atoms with Crippen LogP contribution in [0.3, 0.4) is 0 Å². The van der Waals surface area contributed by atoms with Crippen molar-refractivity contribution in [1.82, 2.24) is 0 Å². The maximum atomic E-state index is 11.1. The molecule has 24 heavy (non-hydrogen) atoms. The van der Waals surface area contributed by atoms with E-state index < -0.39 is 12.2 Å². The molecule has 0 bridgehead atoms. The molecule has 0 spiro atoms. The largest absolute Gasteiger partial charge is 0.393 e. The summed E-state index contributed by atoms with van der Waals surface area (Å²) in [5.41, 5.74) is 1.86. The molecule has 3 N–H and O–H groups in total. The Hall–Kier alpha value is -0.380. The summed E-state index contributed by atoms with van der Waals surface area (Å²) in [5, 5.41) is 32.1. The van der Waals surface area contributed by atoms with E-state index >= 15 is 0 Å². The Bertz CT molecular complexity index is 543. The molecule has 0 aromatic rings. The number of aliphatic hydroxyl groups is 3. The third-order valence-electron chi connectivity index (χ3n) is 8.92. The molecule has 0 saturated heterocycles. The number of hydrogen-bond acceptors (Lipinski definition) is 3. The highest BCUT2D eigenvalue weighted by Gasteiger charge is 2.63. The van der Waals surface area contributed by atoms with E-state index in [0.717, 1.165) is 32.1 Å². The number of rotatable bonds is 0. The van der Waals surface area contributed by atoms with Crippen molar-refractivity contribution < 1.29 is 15.3 Å². The van der Waals surface area contributed by atoms with E-state index in [1.54, 1.807) is 5.57 Å². The average molecular weight is 335 g/mol. The van der Waals surface area contributed by atoms with Gasteiger partial charge in [-0.3, -0.25) is 0 Å². The van der Waals surface area contributed by atoms with Crippen LogP contribution in [0, 0.1) is 34.5 Å². The number of fused-ring (bicyclic) bond motifs is 5. The van der Waals surface area contributed by atoms with Crippen molar-refractivity contribution in [2.24, 2.45) is 34.5 Å². The Morgan fingerprint density at radius 3 is 2.38 bits per heavy atom. The lowest BCUT2D eigenvalue weighted by atomic mass is 9.43. The van der Waals surface area contributed by atoms with Crippen LogP contribution in [0.15, 0.2) is 11.6 Å². The van der Waals surface area contributed by atoms with Gasteiger partial charge in [-0.15, -0.1) is 0 Å². The Balaban J connectivity index is 1.73. The van der Waals surface area contributed by atoms with Crippen molar-refractivity contribution in [3.8, 4) is 0 Å². The number of aliphatic hydroxyl groups excluding tert-OH is 3. The van der Waals surface area contributed by atoms with Gasteiger partial charge in [0.2, 0.25) is 0 Å². The summed E-state index contributed by atoms with van der Waals surface area (Å²) in [6.45, 7) is 6.89. The predicted octanol–water partition coefficient (Wildman–Crippen LogP) is 3.28. The minimum absolute atomic E-state index is 0.0458. The summed E-state index contributed by atoms with van der Waals surface area (Å²) >= 11 is 0. The van der Waals surface area contributed by atoms with Crippen molar-refractivity contribution in [3.05, 3.63) is 11.6 Å². The molecule has 9 atom stereocenters. The molecule has 0 heterocycles. The van der Waals surface area contributed by atoms with Crippen LogP contribution in [0.2, 0.25) is 0 Å². The fraction of sp³-hybridized carbons (Fsp3) is 0.905. The third kappa shape index (κ3) is 2.07. The fourth-order valence-electron chi connectivity index (χ4n) is 7.56. The van der Waals surface area contributed by atoms with E-state index in [0.29, 0.717) is 18.3 Å². The van der Waals surface area contributed by atoms with E-state index in [2.05, 4.69) is 26.8 Å². The van der Waals surface area contributed by atoms with Crippen molar-refractivity contribution in [2.75, 3.05) is 0 Å². The van der Waals surface area contributed by atoms with Crippen molar-refractivity contribution >= 4 is 0 Å². The highest BCUT2D eigenvalue weighted by atomic mass is 16.3. The van der Waals surface area contributed by atoms with Crippen LogP contribution in [0.5, 0.6) is 0 Å². The smallest absolute Gasteiger partial charge is 0.0836 e. The van der Waals surface area contributed by atoms with Gasteiger partial charge >= 0.3 is 0 Å². The second-order valence-corrected chi connectivity index (χ2v) is 9.62. The zero-order valence-electron chi connectivity index (χ0n) is 15.4. The van der Waals surface area contributed by atoms with E-state index in [1.807, 2.05) is 0 Å². The number of allylic oxidation sites excluding steroid dienone is 2. The molecule has 4 rings (SSSR count). The van der Waals surface area contributed by atoms with Gasteiger partial charge in [-0.25, -0.2) is 0 Å². The van der Waals surface area contributed by atoms with Crippen LogP contribution in [0.4, 0.5) is 0 Å². The Morgan fingerprint density at radius 1 is 0.917 bits per heavy atom. The van der Waals surface area contributed by atoms with E-state index in [1.165, 1.54) is 6.42 Å². The van der Waals surface area contributed by atoms with E-state index in [4.69, 9.17) is 0 Å². The van der Waals surface area contributed by atoms with Crippen LogP contribution >= 0.6 is 0 Å². The quantitative estimate of drug-likeness (QED) is 0.596. The lowest BCUT2D eigenvalue weighted by Crippen LogP contribution is -2.63. The molecule has 0 aromatic carbocycles. The second kappa shape index (κ2) is 5.56. The molecule has 0 radical (unpaired) electrons. The lowest BCUT2D eigenvalue weighted by Gasteiger charge is -2.63. The first-order valence-corrected chi connectivity index (χ1v) is 10.0. The monoisotopic (exact) mass is 334 g/mol. The van der Waals surface area contributed by atoms with Crippen molar-refractivity contribution in [2.45, 2.75) is 84.0 Å². The van der Waals surface area contributed by atoms with E-state index in [-0.39, 0.29) is 28.8 Å². The van der Waals surface area contributed by atoms with Gasteiger partial charge in [0.15, 0.2) is 0 Å². The molecule has 4 saturated carbocycles. The highest BCUT2D eigenvalue weighted by Crippen LogP contribution is 2.67. The molecule has 0 amide bonds. The molecule has 3 heteroatoms. The first-order valence-electron chi connectivity index (χ1n) is 10.0. The first kappa shape index (κ1) is 17.1. The minimum atomic E-state index is -0.678. The van der Waals surface area contributed by atoms with Gasteiger partial charge in [0.25, 0.3) is 0 Å². The average Bonchev–Trinajstić information content (AvgIpc) is 2.90. The van der Waals surface area contributed by atoms with Crippen LogP contribution < -0.4 is 0 Å². The molecular formula is C21H34O3. The summed E-state index contributed by atoms with van der Waals surface area (Å²) in [6.07, 6.45) is 7.86. The van der Waals surface area contributed by atoms with Crippen molar-refractivity contribution in [1.29, 1.82) is 0 Å². The Kier molecular flexibility index (Phi) is 3.95. The predicted molar refractivity (Wildman–Crippen MR) is 94.3 cm³/mol. The maximum Gasteiger partial charge on any atom is 0.0836 e. The highest BCUT2D eigenvalue weighted by molar-refractivity contribution is 5.25. The molecule has 136 valence electrons. The topological polar surface area (TPSA) is 60.7 Å². The van der Waals surface area contributed by atoms with Crippen LogP contribution in [-0.4, -0.2) is 33.6 Å². The Labute approximate surface area is 146 Å². The van der Waals surface area contributed by atoms with Gasteiger partial charge in [-0.05, 0) is 86.4 Å². The standard InChI is InChI=1S/C21H34O3/c1-4-12-5-6-14-17-15(8-10-20(12,14)2)21(3)9-7-13(22)11-16(21)18(23)19(17)24/h4,13-19,22-24H,5-11H2,1-3H3/b12-4-/t13-,14?,15?,16?,17?,18+,19?,20+,21+/m0/s1. The van der Waals surface area contributed by atoms with Gasteiger partial charge in [-0.2, -0.15) is 0 Å². The summed E-state index contributed by atoms with van der Waals surface area (Å²) in [4.78, 5) is 0. The van der Waals surface area contributed by atoms with Gasteiger partial charge in [-0.1, -0.05) is 25.5 Å². The van der Waals surface area contributed by atoms with Gasteiger partial charge in [0, 0.05) is 0 Å². The number of hydrogen-bond donors (Lipinski definition) is 3. The zero-order chi connectivity index (χ0) is 17.3. The summed E-state index contributed by atoms with van der Waals surface area (Å²) in [6, 6.07) is 0. The van der Waals surface area contributed by atoms with Crippen LogP contribution in [0.1, 0.15) is 65.7 Å². The lowest BCUT2D eigenvalue weighted by molar-refractivity contribution is -0.217. The van der Waals surface area contributed by atoms with Gasteiger partial charge < -0.3 is 15.3 Å². The molecule has 0 aliphatic heterocycles. The molecule has 0 aromatic heterocycles. The second-order valence-electron chi connectivity index (χ2n) is 9.62. The summed E-state index contributed by atoms with van der Waals surface area (Å²) in [7, 11) is 0. The molecule has 4 aliphatic carbocycles. The summed E-state index contributed by atoms with van der Waals surface area (Å²) in [5.74, 6) is 1.25. The molecular weight excluding hydrogens is 300 g/mol. The normalized spacial score (nSPS) is 58.9. The maximum absolute atomic E-state index is 11.1. The van der Waals surface area contributed by atoms with Crippen molar-refractivity contribution in [3.63, 3.8) is 0 Å². The summed E-state index contributed by atoms with van der Waals surface area (Å²) < 4.78 is 0. The SMILES string of the molecule is C/C=C1/CCC2C3C(O)[C@H](O)C4C[C@@H](O)CC[C@]4(C)C3CC[C@]12C. The van der Waals surface area contributed by atoms with Gasteiger partial charge in [0.1, 0.15) is 0 Å². The molecule has 4 aliphatic rings. The van der Waals surface area contributed by atoms with E-state index in [9.17, 15) is 15.3 Å². The fourth-order valence-corrected chi connectivity index (χ4v) is 7.56. The first-order chi connectivity index (χ1) is 11.3. The zero-order valence-corrected chi connectivity index (χ0v) is 15.4. The van der Waals surface area contributed by atoms with Gasteiger partial charge in [0.05, 0.1) is 18.3 Å². The van der Waals surface area contributed by atoms with Crippen LogP contribution in [0.25, 0.3) is 0 Å². The Morgan fingerprint density at radius 2 is 1.67 bits per heavy atom. The molecule has 5 unspecified atom stereocenters. The minimum Gasteiger partial charge on any atom is -0.393 e. The molecule has 4 fully saturated rings.